The van der Waals surface area contributed by atoms with Gasteiger partial charge in [0.1, 0.15) is 5.75 Å². The molecular formula is C16H25ClN2O2. The molecule has 0 saturated carbocycles. The molecule has 4 nitrogen and oxygen atoms in total. The standard InChI is InChI=1S/C16H24N2O2.ClH/c1-12-8-13(2)10-15(9-12)20-7-5-16(19)18-6-3-4-14(17)11-18;/h8-10,14H,3-7,11,17H2,1-2H3;1H. The van der Waals surface area contributed by atoms with E-state index >= 15 is 0 Å². The van der Waals surface area contributed by atoms with Crippen molar-refractivity contribution in [3.05, 3.63) is 29.3 Å². The monoisotopic (exact) mass is 312 g/mol. The van der Waals surface area contributed by atoms with E-state index in [-0.39, 0.29) is 24.4 Å². The minimum absolute atomic E-state index is 0. The lowest BCUT2D eigenvalue weighted by Gasteiger charge is -2.30. The second kappa shape index (κ2) is 8.25. The van der Waals surface area contributed by atoms with Gasteiger partial charge in [-0.3, -0.25) is 4.79 Å². The number of likely N-dealkylation sites (tertiary alicyclic amines) is 1. The van der Waals surface area contributed by atoms with Crippen molar-refractivity contribution < 1.29 is 9.53 Å². The Morgan fingerprint density at radius 1 is 1.33 bits per heavy atom. The minimum atomic E-state index is 0. The first-order chi connectivity index (χ1) is 9.54. The molecular weight excluding hydrogens is 288 g/mol. The van der Waals surface area contributed by atoms with Crippen molar-refractivity contribution in [3.8, 4) is 5.75 Å². The number of carbonyl (C=O) groups excluding carboxylic acids is 1. The quantitative estimate of drug-likeness (QED) is 0.929. The number of nitrogens with zero attached hydrogens (tertiary/aromatic N) is 1. The van der Waals surface area contributed by atoms with Crippen LogP contribution in [0.15, 0.2) is 18.2 Å². The van der Waals surface area contributed by atoms with Gasteiger partial charge in [-0.15, -0.1) is 12.4 Å². The van der Waals surface area contributed by atoms with Gasteiger partial charge in [-0.05, 0) is 49.9 Å². The number of aryl methyl sites for hydroxylation is 2. The van der Waals surface area contributed by atoms with Crippen LogP contribution in [0.1, 0.15) is 30.4 Å². The van der Waals surface area contributed by atoms with Crippen LogP contribution in [-0.4, -0.2) is 36.5 Å². The molecule has 1 aromatic rings. The molecule has 0 spiro atoms. The highest BCUT2D eigenvalue weighted by Crippen LogP contribution is 2.16. The number of rotatable bonds is 4. The Balaban J connectivity index is 0.00000220. The third-order valence-electron chi connectivity index (χ3n) is 3.59. The van der Waals surface area contributed by atoms with Gasteiger partial charge in [0.2, 0.25) is 5.91 Å². The lowest BCUT2D eigenvalue weighted by atomic mass is 10.1. The summed E-state index contributed by atoms with van der Waals surface area (Å²) in [6, 6.07) is 6.23. The van der Waals surface area contributed by atoms with E-state index < -0.39 is 0 Å². The molecule has 1 heterocycles. The molecule has 2 N–H and O–H groups in total. The molecule has 1 amide bonds. The second-order valence-corrected chi connectivity index (χ2v) is 5.66. The Hall–Kier alpha value is -1.26. The first kappa shape index (κ1) is 17.8. The fraction of sp³-hybridized carbons (Fsp3) is 0.562. The first-order valence-corrected chi connectivity index (χ1v) is 7.29. The maximum absolute atomic E-state index is 12.1. The molecule has 1 unspecified atom stereocenters. The van der Waals surface area contributed by atoms with Crippen LogP contribution in [0.5, 0.6) is 5.75 Å². The fourth-order valence-corrected chi connectivity index (χ4v) is 2.67. The summed E-state index contributed by atoms with van der Waals surface area (Å²) in [5.74, 6) is 0.982. The molecule has 21 heavy (non-hydrogen) atoms. The van der Waals surface area contributed by atoms with Crippen LogP contribution < -0.4 is 10.5 Å². The summed E-state index contributed by atoms with van der Waals surface area (Å²) in [4.78, 5) is 13.9. The molecule has 0 aromatic heterocycles. The Morgan fingerprint density at radius 3 is 2.62 bits per heavy atom. The molecule has 1 saturated heterocycles. The highest BCUT2D eigenvalue weighted by Gasteiger charge is 2.20. The zero-order valence-electron chi connectivity index (χ0n) is 12.8. The van der Waals surface area contributed by atoms with Gasteiger partial charge in [-0.1, -0.05) is 6.07 Å². The fourth-order valence-electron chi connectivity index (χ4n) is 2.67. The van der Waals surface area contributed by atoms with Crippen LogP contribution in [0.2, 0.25) is 0 Å². The van der Waals surface area contributed by atoms with Crippen LogP contribution in [0.3, 0.4) is 0 Å². The van der Waals surface area contributed by atoms with E-state index in [9.17, 15) is 4.79 Å². The smallest absolute Gasteiger partial charge is 0.226 e. The van der Waals surface area contributed by atoms with Crippen LogP contribution in [0, 0.1) is 13.8 Å². The molecule has 0 bridgehead atoms. The van der Waals surface area contributed by atoms with Crippen molar-refractivity contribution in [1.29, 1.82) is 0 Å². The van der Waals surface area contributed by atoms with Gasteiger partial charge in [-0.25, -0.2) is 0 Å². The average molecular weight is 313 g/mol. The van der Waals surface area contributed by atoms with E-state index in [0.29, 0.717) is 19.6 Å². The molecule has 0 aliphatic carbocycles. The zero-order valence-corrected chi connectivity index (χ0v) is 13.6. The van der Waals surface area contributed by atoms with Gasteiger partial charge in [0, 0.05) is 19.1 Å². The molecule has 0 radical (unpaired) electrons. The van der Waals surface area contributed by atoms with Crippen molar-refractivity contribution in [3.63, 3.8) is 0 Å². The van der Waals surface area contributed by atoms with Crippen molar-refractivity contribution in [2.45, 2.75) is 39.2 Å². The largest absolute Gasteiger partial charge is 0.493 e. The first-order valence-electron chi connectivity index (χ1n) is 7.29. The lowest BCUT2D eigenvalue weighted by molar-refractivity contribution is -0.132. The molecule has 1 aliphatic rings. The lowest BCUT2D eigenvalue weighted by Crippen LogP contribution is -2.46. The van der Waals surface area contributed by atoms with Crippen molar-refractivity contribution in [1.82, 2.24) is 4.90 Å². The topological polar surface area (TPSA) is 55.6 Å². The number of ether oxygens (including phenoxy) is 1. The Labute approximate surface area is 133 Å². The zero-order chi connectivity index (χ0) is 14.5. The van der Waals surface area contributed by atoms with Gasteiger partial charge in [-0.2, -0.15) is 0 Å². The number of halogens is 1. The van der Waals surface area contributed by atoms with E-state index in [0.717, 1.165) is 25.1 Å². The third-order valence-corrected chi connectivity index (χ3v) is 3.59. The van der Waals surface area contributed by atoms with Gasteiger partial charge in [0.25, 0.3) is 0 Å². The SMILES string of the molecule is Cc1cc(C)cc(OCCC(=O)N2CCCC(N)C2)c1.Cl. The normalized spacial score (nSPS) is 18.0. The highest BCUT2D eigenvalue weighted by molar-refractivity contribution is 5.85. The van der Waals surface area contributed by atoms with Gasteiger partial charge in [0.15, 0.2) is 0 Å². The van der Waals surface area contributed by atoms with E-state index in [1.165, 1.54) is 11.1 Å². The van der Waals surface area contributed by atoms with E-state index in [4.69, 9.17) is 10.5 Å². The molecule has 2 rings (SSSR count). The van der Waals surface area contributed by atoms with E-state index in [1.54, 1.807) is 0 Å². The summed E-state index contributed by atoms with van der Waals surface area (Å²) in [5, 5.41) is 0. The Morgan fingerprint density at radius 2 is 2.00 bits per heavy atom. The predicted molar refractivity (Wildman–Crippen MR) is 87.1 cm³/mol. The number of piperidine rings is 1. The number of carbonyl (C=O) groups is 1. The number of amides is 1. The van der Waals surface area contributed by atoms with E-state index in [1.807, 2.05) is 30.9 Å². The van der Waals surface area contributed by atoms with Crippen LogP contribution in [0.4, 0.5) is 0 Å². The van der Waals surface area contributed by atoms with Crippen LogP contribution in [-0.2, 0) is 4.79 Å². The highest BCUT2D eigenvalue weighted by atomic mass is 35.5. The van der Waals surface area contributed by atoms with Gasteiger partial charge < -0.3 is 15.4 Å². The summed E-state index contributed by atoms with van der Waals surface area (Å²) in [6.45, 7) is 6.02. The third kappa shape index (κ3) is 5.56. The summed E-state index contributed by atoms with van der Waals surface area (Å²) < 4.78 is 5.68. The maximum Gasteiger partial charge on any atom is 0.226 e. The second-order valence-electron chi connectivity index (χ2n) is 5.66. The molecule has 118 valence electrons. The molecule has 5 heteroatoms. The maximum atomic E-state index is 12.1. The molecule has 1 atom stereocenters. The van der Waals surface area contributed by atoms with Crippen molar-refractivity contribution >= 4 is 18.3 Å². The number of hydrogen-bond acceptors (Lipinski definition) is 3. The number of hydrogen-bond donors (Lipinski definition) is 1. The average Bonchev–Trinajstić information content (AvgIpc) is 2.37. The number of nitrogens with two attached hydrogens (primary N) is 1. The minimum Gasteiger partial charge on any atom is -0.493 e. The predicted octanol–water partition coefficient (Wildman–Crippen LogP) is 2.44. The molecule has 1 aliphatic heterocycles. The number of benzene rings is 1. The molecule has 1 fully saturated rings. The summed E-state index contributed by atoms with van der Waals surface area (Å²) >= 11 is 0. The van der Waals surface area contributed by atoms with Gasteiger partial charge >= 0.3 is 0 Å². The van der Waals surface area contributed by atoms with Crippen LogP contribution >= 0.6 is 12.4 Å². The van der Waals surface area contributed by atoms with Crippen molar-refractivity contribution in [2.75, 3.05) is 19.7 Å². The van der Waals surface area contributed by atoms with E-state index in [2.05, 4.69) is 6.07 Å². The Bertz CT molecular complexity index is 459. The van der Waals surface area contributed by atoms with Crippen LogP contribution in [0.25, 0.3) is 0 Å². The summed E-state index contributed by atoms with van der Waals surface area (Å²) in [6.07, 6.45) is 2.44. The summed E-state index contributed by atoms with van der Waals surface area (Å²) in [7, 11) is 0. The van der Waals surface area contributed by atoms with Crippen molar-refractivity contribution in [2.24, 2.45) is 5.73 Å². The summed E-state index contributed by atoms with van der Waals surface area (Å²) in [5.41, 5.74) is 8.24. The van der Waals surface area contributed by atoms with Gasteiger partial charge in [0.05, 0.1) is 13.0 Å². The Kier molecular flexibility index (Phi) is 6.99. The molecule has 1 aromatic carbocycles.